The van der Waals surface area contributed by atoms with E-state index < -0.39 is 0 Å². The number of aliphatic hydroxyl groups is 1. The Morgan fingerprint density at radius 3 is 1.73 bits per heavy atom. The van der Waals surface area contributed by atoms with Gasteiger partial charge in [-0.05, 0) is 39.0 Å². The van der Waals surface area contributed by atoms with Crippen LogP contribution in [0.3, 0.4) is 0 Å². The lowest BCUT2D eigenvalue weighted by atomic mass is 10.0. The van der Waals surface area contributed by atoms with Gasteiger partial charge in [-0.2, -0.15) is 0 Å². The van der Waals surface area contributed by atoms with Crippen molar-refractivity contribution in [2.75, 3.05) is 0 Å². The van der Waals surface area contributed by atoms with Crippen molar-refractivity contribution < 1.29 is 5.11 Å². The second kappa shape index (κ2) is 17.0. The van der Waals surface area contributed by atoms with E-state index in [9.17, 15) is 5.11 Å². The summed E-state index contributed by atoms with van der Waals surface area (Å²) in [6.07, 6.45) is 22.5. The lowest BCUT2D eigenvalue weighted by molar-refractivity contribution is 0.157. The van der Waals surface area contributed by atoms with Crippen molar-refractivity contribution in [3.05, 3.63) is 12.2 Å². The molecule has 132 valence electrons. The van der Waals surface area contributed by atoms with Crippen molar-refractivity contribution in [3.63, 3.8) is 0 Å². The molecule has 0 aromatic carbocycles. The molecule has 0 rings (SSSR count). The maximum absolute atomic E-state index is 9.30. The first kappa shape index (κ1) is 21.7. The zero-order chi connectivity index (χ0) is 16.5. The Labute approximate surface area is 139 Å². The number of nitrogens with two attached hydrogens (primary N) is 1. The van der Waals surface area contributed by atoms with Crippen molar-refractivity contribution in [1.29, 1.82) is 0 Å². The molecule has 2 unspecified atom stereocenters. The molecule has 0 aromatic rings. The van der Waals surface area contributed by atoms with E-state index in [1.54, 1.807) is 6.92 Å². The Balaban J connectivity index is 3.14. The molecular formula is C20H41NO. The summed E-state index contributed by atoms with van der Waals surface area (Å²) < 4.78 is 0. The second-order valence-corrected chi connectivity index (χ2v) is 6.78. The summed E-state index contributed by atoms with van der Waals surface area (Å²) in [5, 5.41) is 9.30. The lowest BCUT2D eigenvalue weighted by Gasteiger charge is -2.13. The summed E-state index contributed by atoms with van der Waals surface area (Å²) in [4.78, 5) is 0. The van der Waals surface area contributed by atoms with Gasteiger partial charge >= 0.3 is 0 Å². The molecule has 3 N–H and O–H groups in total. The normalized spacial score (nSPS) is 14.5. The van der Waals surface area contributed by atoms with Gasteiger partial charge in [0.05, 0.1) is 6.10 Å². The molecule has 0 aliphatic carbocycles. The molecule has 2 nitrogen and oxygen atoms in total. The number of rotatable bonds is 16. The molecule has 0 bridgehead atoms. The Kier molecular flexibility index (Phi) is 16.8. The molecule has 0 saturated carbocycles. The van der Waals surface area contributed by atoms with E-state index in [0.717, 1.165) is 12.8 Å². The summed E-state index contributed by atoms with van der Waals surface area (Å²) in [5.74, 6) is 0. The number of hydrogen-bond donors (Lipinski definition) is 2. The van der Waals surface area contributed by atoms with E-state index in [2.05, 4.69) is 19.1 Å². The number of unbranched alkanes of at least 4 members (excludes halogenated alkanes) is 11. The maximum Gasteiger partial charge on any atom is 0.0662 e. The molecule has 0 aliphatic rings. The van der Waals surface area contributed by atoms with Gasteiger partial charge in [0.15, 0.2) is 0 Å². The van der Waals surface area contributed by atoms with Crippen LogP contribution in [0.1, 0.15) is 104 Å². The minimum Gasteiger partial charge on any atom is -0.392 e. The highest BCUT2D eigenvalue weighted by atomic mass is 16.3. The minimum absolute atomic E-state index is 0.0371. The highest BCUT2D eigenvalue weighted by Crippen LogP contribution is 2.11. The fraction of sp³-hybridized carbons (Fsp3) is 0.900. The zero-order valence-corrected chi connectivity index (χ0v) is 15.2. The minimum atomic E-state index is -0.364. The number of hydrogen-bond acceptors (Lipinski definition) is 2. The van der Waals surface area contributed by atoms with E-state index >= 15 is 0 Å². The Morgan fingerprint density at radius 1 is 0.773 bits per heavy atom. The molecule has 2 atom stereocenters. The van der Waals surface area contributed by atoms with Crippen molar-refractivity contribution >= 4 is 0 Å². The van der Waals surface area contributed by atoms with Crippen LogP contribution in [0.5, 0.6) is 0 Å². The first-order valence-corrected chi connectivity index (χ1v) is 9.77. The molecular weight excluding hydrogens is 270 g/mol. The third-order valence-corrected chi connectivity index (χ3v) is 4.42. The molecule has 0 aliphatic heterocycles. The first-order chi connectivity index (χ1) is 10.7. The predicted molar refractivity (Wildman–Crippen MR) is 99.1 cm³/mol. The Hall–Kier alpha value is -0.340. The molecule has 0 aromatic heterocycles. The van der Waals surface area contributed by atoms with Crippen LogP contribution in [0.2, 0.25) is 0 Å². The largest absolute Gasteiger partial charge is 0.392 e. The van der Waals surface area contributed by atoms with Crippen LogP contribution >= 0.6 is 0 Å². The smallest absolute Gasteiger partial charge is 0.0662 e. The van der Waals surface area contributed by atoms with Crippen LogP contribution in [0, 0.1) is 0 Å². The third kappa shape index (κ3) is 16.0. The van der Waals surface area contributed by atoms with Crippen LogP contribution < -0.4 is 5.73 Å². The fourth-order valence-electron chi connectivity index (χ4n) is 2.69. The van der Waals surface area contributed by atoms with E-state index in [1.165, 1.54) is 77.0 Å². The molecule has 0 fully saturated rings. The molecule has 0 radical (unpaired) electrons. The third-order valence-electron chi connectivity index (χ3n) is 4.42. The van der Waals surface area contributed by atoms with E-state index in [1.807, 2.05) is 0 Å². The van der Waals surface area contributed by atoms with E-state index in [4.69, 9.17) is 5.73 Å². The van der Waals surface area contributed by atoms with Gasteiger partial charge in [0, 0.05) is 6.04 Å². The number of aliphatic hydroxyl groups excluding tert-OH is 1. The van der Waals surface area contributed by atoms with Crippen LogP contribution in [0.4, 0.5) is 0 Å². The Bertz CT molecular complexity index is 238. The van der Waals surface area contributed by atoms with Gasteiger partial charge < -0.3 is 10.8 Å². The maximum atomic E-state index is 9.30. The second-order valence-electron chi connectivity index (χ2n) is 6.78. The Morgan fingerprint density at radius 2 is 1.23 bits per heavy atom. The monoisotopic (exact) mass is 311 g/mol. The van der Waals surface area contributed by atoms with Gasteiger partial charge in [-0.15, -0.1) is 0 Å². The van der Waals surface area contributed by atoms with Crippen molar-refractivity contribution in [2.24, 2.45) is 5.73 Å². The quantitative estimate of drug-likeness (QED) is 0.282. The van der Waals surface area contributed by atoms with Gasteiger partial charge in [-0.3, -0.25) is 0 Å². The summed E-state index contributed by atoms with van der Waals surface area (Å²) >= 11 is 0. The van der Waals surface area contributed by atoms with Crippen molar-refractivity contribution in [1.82, 2.24) is 0 Å². The summed E-state index contributed by atoms with van der Waals surface area (Å²) in [7, 11) is 0. The highest BCUT2D eigenvalue weighted by Gasteiger charge is 2.07. The molecule has 2 heteroatoms. The fourth-order valence-corrected chi connectivity index (χ4v) is 2.69. The first-order valence-electron chi connectivity index (χ1n) is 9.77. The average molecular weight is 312 g/mol. The van der Waals surface area contributed by atoms with Crippen LogP contribution in [0.15, 0.2) is 12.2 Å². The van der Waals surface area contributed by atoms with Gasteiger partial charge in [-0.1, -0.05) is 76.9 Å². The zero-order valence-electron chi connectivity index (χ0n) is 15.2. The van der Waals surface area contributed by atoms with Gasteiger partial charge in [0.2, 0.25) is 0 Å². The summed E-state index contributed by atoms with van der Waals surface area (Å²) in [6.45, 7) is 4.05. The molecule has 0 spiro atoms. The topological polar surface area (TPSA) is 46.2 Å². The lowest BCUT2D eigenvalue weighted by Crippen LogP contribution is -2.31. The van der Waals surface area contributed by atoms with Crippen LogP contribution in [0.25, 0.3) is 0 Å². The molecule has 0 heterocycles. The standard InChI is InChI=1S/C20H41NO/c1-3-4-5-6-7-8-9-10-11-12-13-14-15-16-17-18-20(21)19(2)22/h10-11,19-20,22H,3-9,12-18,21H2,1-2H3/b11-10-. The molecule has 0 saturated heterocycles. The summed E-state index contributed by atoms with van der Waals surface area (Å²) in [5.41, 5.74) is 5.81. The van der Waals surface area contributed by atoms with Gasteiger partial charge in [-0.25, -0.2) is 0 Å². The van der Waals surface area contributed by atoms with Gasteiger partial charge in [0.25, 0.3) is 0 Å². The molecule has 22 heavy (non-hydrogen) atoms. The summed E-state index contributed by atoms with van der Waals surface area (Å²) in [6, 6.07) is -0.0371. The van der Waals surface area contributed by atoms with Crippen molar-refractivity contribution in [3.8, 4) is 0 Å². The van der Waals surface area contributed by atoms with Crippen molar-refractivity contribution in [2.45, 2.75) is 116 Å². The van der Waals surface area contributed by atoms with Crippen LogP contribution in [-0.4, -0.2) is 17.3 Å². The highest BCUT2D eigenvalue weighted by molar-refractivity contribution is 4.81. The van der Waals surface area contributed by atoms with Crippen LogP contribution in [-0.2, 0) is 0 Å². The average Bonchev–Trinajstić information content (AvgIpc) is 2.50. The molecule has 0 amide bonds. The van der Waals surface area contributed by atoms with E-state index in [-0.39, 0.29) is 12.1 Å². The number of allylic oxidation sites excluding steroid dienone is 2. The SMILES string of the molecule is CCCCCCCC/C=C\CCCCCCCC(N)C(C)O. The van der Waals surface area contributed by atoms with E-state index in [0.29, 0.717) is 0 Å². The predicted octanol–water partition coefficient (Wildman–Crippen LogP) is 5.73. The van der Waals surface area contributed by atoms with Gasteiger partial charge in [0.1, 0.15) is 0 Å².